The Kier molecular flexibility index (Phi) is 9.95. The lowest BCUT2D eigenvalue weighted by molar-refractivity contribution is -0.129. The van der Waals surface area contributed by atoms with E-state index >= 15 is 0 Å². The standard InChI is InChI=1S/C33H34Cl2N6O5/c1-19(42)41-14-11-22(12-15-41)37-17-21-9-8-20(16-27(21)46-4)30-29(35)24(10-13-36-30)23-6-5-7-26(28(23)34)38-31(43)25-18-39(2)33(45)40(3)32(25)44/h5-10,13,16,18,22,37H,11-12,14-15,17H2,1-4H3,(H,38,43). The van der Waals surface area contributed by atoms with Crippen molar-refractivity contribution in [2.75, 3.05) is 25.5 Å². The number of aryl methyl sites for hydroxylation is 1. The second-order valence-electron chi connectivity index (χ2n) is 11.1. The fourth-order valence-corrected chi connectivity index (χ4v) is 6.13. The van der Waals surface area contributed by atoms with Gasteiger partial charge in [0.25, 0.3) is 11.5 Å². The average molecular weight is 666 g/mol. The molecule has 0 unspecified atom stereocenters. The van der Waals surface area contributed by atoms with Crippen LogP contribution in [0.1, 0.15) is 35.7 Å². The zero-order chi connectivity index (χ0) is 33.1. The number of benzene rings is 2. The van der Waals surface area contributed by atoms with Gasteiger partial charge in [0.05, 0.1) is 28.5 Å². The number of nitrogens with zero attached hydrogens (tertiary/aromatic N) is 4. The van der Waals surface area contributed by atoms with Crippen molar-refractivity contribution in [1.82, 2.24) is 24.3 Å². The van der Waals surface area contributed by atoms with Crippen molar-refractivity contribution in [1.29, 1.82) is 0 Å². The lowest BCUT2D eigenvalue weighted by Crippen LogP contribution is -2.43. The molecule has 0 saturated carbocycles. The summed E-state index contributed by atoms with van der Waals surface area (Å²) in [5.41, 5.74) is 2.17. The number of hydrogen-bond acceptors (Lipinski definition) is 7. The molecule has 11 nitrogen and oxygen atoms in total. The third kappa shape index (κ3) is 6.72. The Hall–Kier alpha value is -4.45. The number of hydrogen-bond donors (Lipinski definition) is 2. The van der Waals surface area contributed by atoms with Crippen LogP contribution < -0.4 is 26.6 Å². The van der Waals surface area contributed by atoms with E-state index in [2.05, 4.69) is 15.6 Å². The van der Waals surface area contributed by atoms with Gasteiger partial charge in [-0.3, -0.25) is 23.9 Å². The summed E-state index contributed by atoms with van der Waals surface area (Å²) in [6, 6.07) is 12.9. The van der Waals surface area contributed by atoms with Gasteiger partial charge in [0.1, 0.15) is 11.3 Å². The summed E-state index contributed by atoms with van der Waals surface area (Å²) in [5, 5.41) is 6.83. The van der Waals surface area contributed by atoms with Gasteiger partial charge in [0.2, 0.25) is 5.91 Å². The van der Waals surface area contributed by atoms with Gasteiger partial charge in [0.15, 0.2) is 0 Å². The molecule has 2 aromatic heterocycles. The highest BCUT2D eigenvalue weighted by atomic mass is 35.5. The van der Waals surface area contributed by atoms with Crippen LogP contribution in [0, 0.1) is 0 Å². The maximum absolute atomic E-state index is 13.1. The molecule has 2 N–H and O–H groups in total. The Morgan fingerprint density at radius 2 is 1.74 bits per heavy atom. The number of likely N-dealkylation sites (tertiary alicyclic amines) is 1. The van der Waals surface area contributed by atoms with Crippen LogP contribution in [-0.2, 0) is 25.4 Å². The van der Waals surface area contributed by atoms with Crippen molar-refractivity contribution in [3.63, 3.8) is 0 Å². The van der Waals surface area contributed by atoms with Crippen molar-refractivity contribution >= 4 is 40.7 Å². The Morgan fingerprint density at radius 1 is 1.02 bits per heavy atom. The van der Waals surface area contributed by atoms with Crippen LogP contribution >= 0.6 is 23.2 Å². The zero-order valence-corrected chi connectivity index (χ0v) is 27.4. The largest absolute Gasteiger partial charge is 0.496 e. The van der Waals surface area contributed by atoms with Gasteiger partial charge in [-0.05, 0) is 31.0 Å². The van der Waals surface area contributed by atoms with Crippen LogP contribution in [0.25, 0.3) is 22.4 Å². The molecule has 1 fully saturated rings. The molecule has 1 aliphatic heterocycles. The quantitative estimate of drug-likeness (QED) is 0.284. The second-order valence-corrected chi connectivity index (χ2v) is 11.9. The van der Waals surface area contributed by atoms with Crippen LogP contribution in [0.5, 0.6) is 5.75 Å². The number of rotatable bonds is 8. The predicted octanol–water partition coefficient (Wildman–Crippen LogP) is 4.48. The molecule has 46 heavy (non-hydrogen) atoms. The highest BCUT2D eigenvalue weighted by Crippen LogP contribution is 2.41. The highest BCUT2D eigenvalue weighted by molar-refractivity contribution is 6.39. The first-order chi connectivity index (χ1) is 22.0. The third-order valence-corrected chi connectivity index (χ3v) is 8.99. The van der Waals surface area contributed by atoms with Crippen molar-refractivity contribution in [2.24, 2.45) is 14.1 Å². The fraction of sp³-hybridized carbons (Fsp3) is 0.303. The summed E-state index contributed by atoms with van der Waals surface area (Å²) in [6.07, 6.45) is 4.61. The predicted molar refractivity (Wildman–Crippen MR) is 179 cm³/mol. The number of carbonyl (C=O) groups is 2. The van der Waals surface area contributed by atoms with Gasteiger partial charge in [-0.25, -0.2) is 4.79 Å². The smallest absolute Gasteiger partial charge is 0.330 e. The number of anilines is 1. The minimum absolute atomic E-state index is 0.111. The van der Waals surface area contributed by atoms with Gasteiger partial charge < -0.3 is 24.8 Å². The minimum atomic E-state index is -0.720. The van der Waals surface area contributed by atoms with Gasteiger partial charge in [-0.2, -0.15) is 0 Å². The zero-order valence-electron chi connectivity index (χ0n) is 25.9. The van der Waals surface area contributed by atoms with E-state index in [4.69, 9.17) is 27.9 Å². The first-order valence-electron chi connectivity index (χ1n) is 14.7. The molecule has 0 bridgehead atoms. The van der Waals surface area contributed by atoms with Gasteiger partial charge in [-0.15, -0.1) is 0 Å². The molecule has 5 rings (SSSR count). The summed E-state index contributed by atoms with van der Waals surface area (Å²) < 4.78 is 7.74. The van der Waals surface area contributed by atoms with E-state index in [1.165, 1.54) is 20.3 Å². The third-order valence-electron chi connectivity index (χ3n) is 8.20. The average Bonchev–Trinajstić information content (AvgIpc) is 3.05. The number of piperidine rings is 1. The molecule has 0 atom stereocenters. The Bertz CT molecular complexity index is 1930. The summed E-state index contributed by atoms with van der Waals surface area (Å²) in [7, 11) is 4.38. The first-order valence-corrected chi connectivity index (χ1v) is 15.4. The number of ether oxygens (including phenoxy) is 1. The number of nitrogens with one attached hydrogen (secondary N) is 2. The van der Waals surface area contributed by atoms with Crippen LogP contribution in [0.4, 0.5) is 5.69 Å². The molecule has 0 radical (unpaired) electrons. The highest BCUT2D eigenvalue weighted by Gasteiger charge is 2.22. The van der Waals surface area contributed by atoms with E-state index in [0.717, 1.165) is 46.2 Å². The summed E-state index contributed by atoms with van der Waals surface area (Å²) in [4.78, 5) is 55.7. The fourth-order valence-electron chi connectivity index (χ4n) is 5.53. The van der Waals surface area contributed by atoms with E-state index in [1.807, 2.05) is 23.1 Å². The van der Waals surface area contributed by atoms with Crippen LogP contribution in [0.2, 0.25) is 10.0 Å². The first kappa shape index (κ1) is 32.9. The Labute approximate surface area is 275 Å². The van der Waals surface area contributed by atoms with E-state index in [-0.39, 0.29) is 22.2 Å². The lowest BCUT2D eigenvalue weighted by Gasteiger charge is -2.32. The monoisotopic (exact) mass is 664 g/mol. The van der Waals surface area contributed by atoms with E-state index < -0.39 is 17.2 Å². The molecule has 0 aliphatic carbocycles. The molecule has 1 saturated heterocycles. The normalized spacial score (nSPS) is 13.5. The van der Waals surface area contributed by atoms with Gasteiger partial charge >= 0.3 is 5.69 Å². The van der Waals surface area contributed by atoms with E-state index in [9.17, 15) is 19.2 Å². The summed E-state index contributed by atoms with van der Waals surface area (Å²) in [6.45, 7) is 3.71. The number of halogens is 2. The van der Waals surface area contributed by atoms with Crippen molar-refractivity contribution < 1.29 is 14.3 Å². The lowest BCUT2D eigenvalue weighted by atomic mass is 10.0. The molecule has 2 amide bonds. The molecule has 0 spiro atoms. The van der Waals surface area contributed by atoms with E-state index in [1.54, 1.807) is 44.5 Å². The minimum Gasteiger partial charge on any atom is -0.496 e. The second kappa shape index (κ2) is 13.9. The molecular weight excluding hydrogens is 631 g/mol. The van der Waals surface area contributed by atoms with Crippen molar-refractivity contribution in [3.05, 3.63) is 96.9 Å². The molecule has 13 heteroatoms. The Balaban J connectivity index is 1.38. The maximum Gasteiger partial charge on any atom is 0.330 e. The Morgan fingerprint density at radius 3 is 2.43 bits per heavy atom. The van der Waals surface area contributed by atoms with Crippen molar-refractivity contribution in [3.8, 4) is 28.1 Å². The number of methoxy groups -OCH3 is 1. The van der Waals surface area contributed by atoms with Crippen molar-refractivity contribution in [2.45, 2.75) is 32.4 Å². The molecular formula is C33H34Cl2N6O5. The topological polar surface area (TPSA) is 128 Å². The van der Waals surface area contributed by atoms with Crippen LogP contribution in [0.15, 0.2) is 64.4 Å². The number of aromatic nitrogens is 3. The molecule has 4 aromatic rings. The maximum atomic E-state index is 13.1. The van der Waals surface area contributed by atoms with Gasteiger partial charge in [-0.1, -0.05) is 47.5 Å². The number of amides is 2. The van der Waals surface area contributed by atoms with E-state index in [0.29, 0.717) is 40.2 Å². The number of pyridine rings is 1. The summed E-state index contributed by atoms with van der Waals surface area (Å²) in [5.74, 6) is 0.0850. The summed E-state index contributed by atoms with van der Waals surface area (Å²) >= 11 is 13.7. The molecule has 240 valence electrons. The number of carbonyl (C=O) groups excluding carboxylic acids is 2. The SMILES string of the molecule is COc1cc(-c2nccc(-c3cccc(NC(=O)c4cn(C)c(=O)n(C)c4=O)c3Cl)c2Cl)ccc1CNC1CCN(C(C)=O)CC1. The van der Waals surface area contributed by atoms with Crippen LogP contribution in [-0.4, -0.2) is 57.1 Å². The van der Waals surface area contributed by atoms with Crippen LogP contribution in [0.3, 0.4) is 0 Å². The molecule has 3 heterocycles. The molecule has 1 aliphatic rings. The van der Waals surface area contributed by atoms with Gasteiger partial charge in [0, 0.05) is 81.3 Å². The molecule has 2 aromatic carbocycles.